The summed E-state index contributed by atoms with van der Waals surface area (Å²) in [4.78, 5) is 23.2. The summed E-state index contributed by atoms with van der Waals surface area (Å²) in [7, 11) is 5.85. The number of hydrogen-bond donors (Lipinski definition) is 3. The lowest BCUT2D eigenvalue weighted by molar-refractivity contribution is 0.102. The molecule has 6 heteroatoms. The summed E-state index contributed by atoms with van der Waals surface area (Å²) in [5.74, 6) is -0.249. The topological polar surface area (TPSA) is 73.6 Å². The second-order valence-corrected chi connectivity index (χ2v) is 5.87. The molecule has 3 aromatic heterocycles. The third kappa shape index (κ3) is 3.19. The molecule has 0 aliphatic rings. The minimum absolute atomic E-state index is 0.249. The Labute approximate surface area is 145 Å². The van der Waals surface area contributed by atoms with E-state index in [0.29, 0.717) is 16.7 Å². The van der Waals surface area contributed by atoms with Crippen LogP contribution >= 0.6 is 0 Å². The Balaban J connectivity index is 1.56. The molecule has 0 bridgehead atoms. The van der Waals surface area contributed by atoms with E-state index in [-0.39, 0.29) is 5.91 Å². The molecular weight excluding hydrogens is 311 g/mol. The molecule has 0 fully saturated rings. The van der Waals surface area contributed by atoms with E-state index in [1.807, 2.05) is 30.5 Å². The van der Waals surface area contributed by atoms with Crippen LogP contribution in [0.25, 0.3) is 11.0 Å². The predicted octanol–water partition coefficient (Wildman–Crippen LogP) is 2.53. The maximum Gasteiger partial charge on any atom is 0.255 e. The van der Waals surface area contributed by atoms with Crippen LogP contribution in [0.3, 0.4) is 0 Å². The maximum absolute atomic E-state index is 12.4. The summed E-state index contributed by atoms with van der Waals surface area (Å²) in [6.45, 7) is 0. The van der Waals surface area contributed by atoms with E-state index in [1.165, 1.54) is 0 Å². The van der Waals surface area contributed by atoms with Crippen molar-refractivity contribution < 1.29 is 4.79 Å². The first kappa shape index (κ1) is 15.3. The number of aromatic amines is 2. The first-order valence-corrected chi connectivity index (χ1v) is 7.95. The fraction of sp³-hybridized carbons (Fsp3) is 0.0526. The average Bonchev–Trinajstić information content (AvgIpc) is 3.24. The van der Waals surface area contributed by atoms with E-state index in [2.05, 4.69) is 20.3 Å². The van der Waals surface area contributed by atoms with Gasteiger partial charge in [0.1, 0.15) is 13.5 Å². The van der Waals surface area contributed by atoms with Crippen molar-refractivity contribution in [2.24, 2.45) is 0 Å². The van der Waals surface area contributed by atoms with Gasteiger partial charge in [0.15, 0.2) is 0 Å². The number of rotatable bonds is 4. The van der Waals surface area contributed by atoms with Crippen LogP contribution in [0.5, 0.6) is 0 Å². The Hall–Kier alpha value is -3.28. The highest BCUT2D eigenvalue weighted by Crippen LogP contribution is 2.19. The molecule has 0 unspecified atom stereocenters. The van der Waals surface area contributed by atoms with Crippen molar-refractivity contribution in [1.29, 1.82) is 0 Å². The summed E-state index contributed by atoms with van der Waals surface area (Å²) in [5, 5.41) is 3.79. The predicted molar refractivity (Wildman–Crippen MR) is 99.5 cm³/mol. The zero-order valence-electron chi connectivity index (χ0n) is 13.4. The van der Waals surface area contributed by atoms with Crippen molar-refractivity contribution in [3.05, 3.63) is 77.9 Å². The summed E-state index contributed by atoms with van der Waals surface area (Å²) < 4.78 is 0. The standard InChI is InChI=1S/C19H15BN4O/c20-17-6-2-1-5-16(17)19(25)24-15-9-12-8-14(23-18(12)22-11-15)10-13-4-3-7-21-13/h1-9,11,21H,10H2,(H,22,23)(H,24,25). The number of fused-ring (bicyclic) bond motifs is 1. The molecule has 3 N–H and O–H groups in total. The van der Waals surface area contributed by atoms with Gasteiger partial charge in [-0.25, -0.2) is 4.98 Å². The average molecular weight is 326 g/mol. The minimum atomic E-state index is -0.249. The molecule has 0 aliphatic carbocycles. The van der Waals surface area contributed by atoms with Gasteiger partial charge < -0.3 is 15.3 Å². The van der Waals surface area contributed by atoms with Crippen LogP contribution in [0, 0.1) is 0 Å². The van der Waals surface area contributed by atoms with Crippen LogP contribution in [-0.4, -0.2) is 28.7 Å². The number of anilines is 1. The number of H-pyrrole nitrogens is 2. The highest BCUT2D eigenvalue weighted by molar-refractivity contribution is 6.37. The summed E-state index contributed by atoms with van der Waals surface area (Å²) in [6, 6.07) is 14.9. The van der Waals surface area contributed by atoms with E-state index in [0.717, 1.165) is 28.8 Å². The minimum Gasteiger partial charge on any atom is -0.365 e. The molecule has 0 saturated carbocycles. The Bertz CT molecular complexity index is 1040. The van der Waals surface area contributed by atoms with E-state index >= 15 is 0 Å². The maximum atomic E-state index is 12.4. The fourth-order valence-electron chi connectivity index (χ4n) is 2.82. The van der Waals surface area contributed by atoms with Crippen molar-refractivity contribution in [2.75, 3.05) is 5.32 Å². The number of aromatic nitrogens is 3. The summed E-state index contributed by atoms with van der Waals surface area (Å²) in [5.41, 5.74) is 4.50. The molecule has 0 saturated heterocycles. The number of carbonyl (C=O) groups is 1. The zero-order chi connectivity index (χ0) is 17.2. The molecule has 1 amide bonds. The third-order valence-corrected chi connectivity index (χ3v) is 4.03. The van der Waals surface area contributed by atoms with E-state index in [1.54, 1.807) is 30.5 Å². The number of pyridine rings is 1. The largest absolute Gasteiger partial charge is 0.365 e. The lowest BCUT2D eigenvalue weighted by atomic mass is 9.90. The molecule has 0 atom stereocenters. The van der Waals surface area contributed by atoms with Crippen molar-refractivity contribution in [2.45, 2.75) is 6.42 Å². The molecule has 120 valence electrons. The lowest BCUT2D eigenvalue weighted by Crippen LogP contribution is -2.21. The van der Waals surface area contributed by atoms with Gasteiger partial charge in [0.05, 0.1) is 11.9 Å². The van der Waals surface area contributed by atoms with Crippen molar-refractivity contribution >= 4 is 35.9 Å². The smallest absolute Gasteiger partial charge is 0.255 e. The first-order chi connectivity index (χ1) is 12.2. The zero-order valence-corrected chi connectivity index (χ0v) is 13.4. The molecule has 0 aliphatic heterocycles. The van der Waals surface area contributed by atoms with Gasteiger partial charge >= 0.3 is 0 Å². The van der Waals surface area contributed by atoms with Gasteiger partial charge in [-0.05, 0) is 24.3 Å². The summed E-state index contributed by atoms with van der Waals surface area (Å²) >= 11 is 0. The molecule has 0 spiro atoms. The van der Waals surface area contributed by atoms with Crippen LogP contribution in [0.15, 0.2) is 60.9 Å². The molecule has 4 aromatic rings. The number of nitrogens with one attached hydrogen (secondary N) is 3. The van der Waals surface area contributed by atoms with E-state index in [4.69, 9.17) is 7.85 Å². The SMILES string of the molecule is [B]c1ccccc1C(=O)Nc1cnc2[nH]c(Cc3ccc[nH]3)cc2c1. The fourth-order valence-corrected chi connectivity index (χ4v) is 2.82. The van der Waals surface area contributed by atoms with Crippen molar-refractivity contribution in [1.82, 2.24) is 15.0 Å². The number of benzene rings is 1. The van der Waals surface area contributed by atoms with Gasteiger partial charge in [0.25, 0.3) is 5.91 Å². The highest BCUT2D eigenvalue weighted by Gasteiger charge is 2.10. The van der Waals surface area contributed by atoms with E-state index < -0.39 is 0 Å². The Kier molecular flexibility index (Phi) is 3.86. The molecule has 25 heavy (non-hydrogen) atoms. The van der Waals surface area contributed by atoms with Gasteiger partial charge in [-0.1, -0.05) is 29.7 Å². The van der Waals surface area contributed by atoms with Gasteiger partial charge in [0, 0.05) is 35.0 Å². The van der Waals surface area contributed by atoms with Crippen LogP contribution in [0.2, 0.25) is 0 Å². The van der Waals surface area contributed by atoms with Crippen LogP contribution in [0.4, 0.5) is 5.69 Å². The molecule has 1 aromatic carbocycles. The second kappa shape index (κ2) is 6.32. The summed E-state index contributed by atoms with van der Waals surface area (Å²) in [6.07, 6.45) is 4.30. The lowest BCUT2D eigenvalue weighted by Gasteiger charge is -2.07. The first-order valence-electron chi connectivity index (χ1n) is 7.95. The Morgan fingerprint density at radius 3 is 2.80 bits per heavy atom. The highest BCUT2D eigenvalue weighted by atomic mass is 16.1. The van der Waals surface area contributed by atoms with Crippen LogP contribution in [0.1, 0.15) is 21.7 Å². The van der Waals surface area contributed by atoms with Gasteiger partial charge in [-0.3, -0.25) is 4.79 Å². The number of amides is 1. The molecule has 5 nitrogen and oxygen atoms in total. The number of nitrogens with zero attached hydrogens (tertiary/aromatic N) is 1. The number of hydrogen-bond acceptors (Lipinski definition) is 2. The van der Waals surface area contributed by atoms with Gasteiger partial charge in [-0.15, -0.1) is 0 Å². The van der Waals surface area contributed by atoms with Crippen molar-refractivity contribution in [3.63, 3.8) is 0 Å². The molecular formula is C19H15BN4O. The second-order valence-electron chi connectivity index (χ2n) is 5.87. The molecule has 4 rings (SSSR count). The van der Waals surface area contributed by atoms with Gasteiger partial charge in [0.2, 0.25) is 0 Å². The quantitative estimate of drug-likeness (QED) is 0.504. The van der Waals surface area contributed by atoms with Crippen molar-refractivity contribution in [3.8, 4) is 0 Å². The van der Waals surface area contributed by atoms with Crippen LogP contribution in [-0.2, 0) is 6.42 Å². The van der Waals surface area contributed by atoms with E-state index in [9.17, 15) is 4.79 Å². The molecule has 3 heterocycles. The third-order valence-electron chi connectivity index (χ3n) is 4.03. The van der Waals surface area contributed by atoms with Gasteiger partial charge in [-0.2, -0.15) is 0 Å². The number of carbonyl (C=O) groups excluding carboxylic acids is 1. The Morgan fingerprint density at radius 1 is 1.12 bits per heavy atom. The molecule has 2 radical (unpaired) electrons. The Morgan fingerprint density at radius 2 is 2.00 bits per heavy atom. The van der Waals surface area contributed by atoms with Crippen LogP contribution < -0.4 is 10.8 Å². The monoisotopic (exact) mass is 326 g/mol. The normalized spacial score (nSPS) is 10.9.